The van der Waals surface area contributed by atoms with Crippen molar-refractivity contribution in [1.29, 1.82) is 0 Å². The van der Waals surface area contributed by atoms with Crippen molar-refractivity contribution in [2.45, 2.75) is 57.2 Å². The summed E-state index contributed by atoms with van der Waals surface area (Å²) < 4.78 is 0. The molecule has 4 heteroatoms. The fourth-order valence-electron chi connectivity index (χ4n) is 6.64. The van der Waals surface area contributed by atoms with E-state index in [-0.39, 0.29) is 49.5 Å². The quantitative estimate of drug-likeness (QED) is 0.303. The Morgan fingerprint density at radius 2 is 1.22 bits per heavy atom. The van der Waals surface area contributed by atoms with Crippen LogP contribution in [-0.2, 0) is 21.7 Å². The Labute approximate surface area is 238 Å². The molecule has 2 fully saturated rings. The molecule has 0 N–H and O–H groups in total. The van der Waals surface area contributed by atoms with Crippen LogP contribution < -0.4 is 10.4 Å². The minimum atomic E-state index is -2.44. The van der Waals surface area contributed by atoms with E-state index < -0.39 is 8.24 Å². The third-order valence-electron chi connectivity index (χ3n) is 7.71. The summed E-state index contributed by atoms with van der Waals surface area (Å²) in [5.41, 5.74) is 0.469. The second-order valence-electron chi connectivity index (χ2n) is 10.9. The average molecular weight is 535 g/mol. The number of likely N-dealkylation sites (tertiary alicyclic amines) is 1. The summed E-state index contributed by atoms with van der Waals surface area (Å²) in [4.78, 5) is 8.68. The number of fused-ring (bicyclic) bond motifs is 1. The van der Waals surface area contributed by atoms with Crippen LogP contribution in [0.3, 0.4) is 0 Å². The molecule has 1 saturated heterocycles. The van der Waals surface area contributed by atoms with Crippen LogP contribution >= 0.6 is 0 Å². The Hall–Kier alpha value is -1.23. The van der Waals surface area contributed by atoms with Crippen LogP contribution in [0.15, 0.2) is 85.0 Å². The van der Waals surface area contributed by atoms with Gasteiger partial charge in [0.05, 0.1) is 0 Å². The molecule has 0 aromatic heterocycles. The second kappa shape index (κ2) is 13.5. The largest absolute Gasteiger partial charge is 4.00 e. The second-order valence-corrected chi connectivity index (χ2v) is 14.5. The van der Waals surface area contributed by atoms with E-state index in [2.05, 4.69) is 111 Å². The zero-order valence-corrected chi connectivity index (χ0v) is 25.9. The molecule has 1 heterocycles. The topological polar surface area (TPSA) is 17.3 Å². The molecule has 4 atom stereocenters. The molecule has 192 valence electrons. The van der Waals surface area contributed by atoms with Gasteiger partial charge in [0.15, 0.2) is 0 Å². The number of benzene rings is 2. The molecule has 2 aliphatic carbocycles. The van der Waals surface area contributed by atoms with Crippen LogP contribution in [0.4, 0.5) is 0 Å². The van der Waals surface area contributed by atoms with E-state index >= 15 is 0 Å². The minimum Gasteiger partial charge on any atom is -0.652 e. The normalized spacial score (nSPS) is 25.1. The molecule has 1 aliphatic heterocycles. The van der Waals surface area contributed by atoms with Gasteiger partial charge in [-0.1, -0.05) is 116 Å². The van der Waals surface area contributed by atoms with Crippen molar-refractivity contribution >= 4 is 18.6 Å². The Bertz CT molecular complexity index is 921. The first-order valence-corrected chi connectivity index (χ1v) is 14.5. The summed E-state index contributed by atoms with van der Waals surface area (Å²) in [5, 5.41) is 2.94. The Morgan fingerprint density at radius 1 is 0.750 bits per heavy atom. The zero-order chi connectivity index (χ0) is 22.2. The molecule has 4 unspecified atom stereocenters. The molecule has 0 amide bonds. The summed E-state index contributed by atoms with van der Waals surface area (Å²) in [6.07, 6.45) is 13.6. The summed E-state index contributed by atoms with van der Waals surface area (Å²) in [5.74, 6) is 1.17. The summed E-state index contributed by atoms with van der Waals surface area (Å²) in [6, 6.07) is 23.3. The fraction of sp³-hybridized carbons (Fsp3) is 0.406. The van der Waals surface area contributed by atoms with Gasteiger partial charge in [-0.3, -0.25) is 4.90 Å². The predicted molar refractivity (Wildman–Crippen MR) is 158 cm³/mol. The van der Waals surface area contributed by atoms with E-state index in [1.807, 2.05) is 0 Å². The van der Waals surface area contributed by atoms with Crippen molar-refractivity contribution in [3.05, 3.63) is 112 Å². The number of hydrogen-bond acceptors (Lipinski definition) is 1. The molecule has 1 saturated carbocycles. The van der Waals surface area contributed by atoms with E-state index in [1.54, 1.807) is 0 Å². The monoisotopic (exact) mass is 534 g/mol. The van der Waals surface area contributed by atoms with Crippen molar-refractivity contribution in [3.8, 4) is 0 Å². The molecular weight excluding hydrogens is 488 g/mol. The maximum absolute atomic E-state index is 5.88. The first-order chi connectivity index (χ1) is 15.5. The Morgan fingerprint density at radius 3 is 1.69 bits per heavy atom. The minimum absolute atomic E-state index is 0. The standard InChI is InChI=1S/C29H37N2Si.3CH3.Ti/c1-29(2,3)30-32(23-14-6-4-7-15-23,24-16-8-5-9-17-24)28-22-27(31-20-12-13-21-31)25-18-10-11-19-26(25)28;;;;/h4-11,14-19,25-28H,12-13,20-22H2,1-3H3;3*1H3;/q4*-1;+4. The third-order valence-corrected chi connectivity index (χ3v) is 12.9. The van der Waals surface area contributed by atoms with Crippen LogP contribution in [0.25, 0.3) is 4.98 Å². The van der Waals surface area contributed by atoms with Crippen molar-refractivity contribution in [1.82, 2.24) is 4.90 Å². The van der Waals surface area contributed by atoms with Crippen molar-refractivity contribution in [3.63, 3.8) is 0 Å². The van der Waals surface area contributed by atoms with E-state index in [0.29, 0.717) is 23.4 Å². The van der Waals surface area contributed by atoms with Gasteiger partial charge < -0.3 is 27.3 Å². The molecule has 0 radical (unpaired) electrons. The number of rotatable bonds is 5. The molecule has 5 rings (SSSR count). The molecule has 36 heavy (non-hydrogen) atoms. The first-order valence-electron chi connectivity index (χ1n) is 12.4. The van der Waals surface area contributed by atoms with Crippen LogP contribution in [0.5, 0.6) is 0 Å². The molecule has 3 aliphatic rings. The Balaban J connectivity index is 0.00000162. The Kier molecular flexibility index (Phi) is 12.3. The third kappa shape index (κ3) is 6.25. The summed E-state index contributed by atoms with van der Waals surface area (Å²) >= 11 is 0. The molecule has 2 aromatic carbocycles. The van der Waals surface area contributed by atoms with E-state index in [4.69, 9.17) is 4.98 Å². The molecule has 0 spiro atoms. The van der Waals surface area contributed by atoms with Gasteiger partial charge in [0.2, 0.25) is 0 Å². The fourth-order valence-corrected chi connectivity index (χ4v) is 12.2. The zero-order valence-electron chi connectivity index (χ0n) is 23.3. The molecule has 0 bridgehead atoms. The number of nitrogens with zero attached hydrogens (tertiary/aromatic N) is 2. The SMILES string of the molecule is CC(C)(C)[N-][Si](c1ccccc1)(c1ccccc1)C1CC(N2CCCC2)C2C=CC=CC21.[CH3-].[CH3-].[CH3-].[Ti+4]. The van der Waals surface area contributed by atoms with Gasteiger partial charge in [-0.2, -0.15) is 0 Å². The van der Waals surface area contributed by atoms with Crippen LogP contribution in [0, 0.1) is 34.1 Å². The summed E-state index contributed by atoms with van der Waals surface area (Å²) in [6.45, 7) is 9.41. The van der Waals surface area contributed by atoms with Crippen LogP contribution in [-0.4, -0.2) is 37.8 Å². The van der Waals surface area contributed by atoms with Gasteiger partial charge in [-0.25, -0.2) is 0 Å². The van der Waals surface area contributed by atoms with Crippen molar-refractivity contribution in [2.75, 3.05) is 13.1 Å². The van der Waals surface area contributed by atoms with Gasteiger partial charge in [0, 0.05) is 14.3 Å². The first kappa shape index (κ1) is 32.8. The number of allylic oxidation sites excluding steroid dienone is 3. The van der Waals surface area contributed by atoms with Crippen molar-refractivity contribution in [2.24, 2.45) is 11.8 Å². The molecule has 2 aromatic rings. The smallest absolute Gasteiger partial charge is 0.652 e. The maximum Gasteiger partial charge on any atom is 4.00 e. The van der Waals surface area contributed by atoms with Crippen molar-refractivity contribution < 1.29 is 21.7 Å². The number of hydrogen-bond donors (Lipinski definition) is 0. The van der Waals surface area contributed by atoms with E-state index in [9.17, 15) is 0 Å². The van der Waals surface area contributed by atoms with E-state index in [1.165, 1.54) is 42.7 Å². The van der Waals surface area contributed by atoms with Gasteiger partial charge in [-0.05, 0) is 49.7 Å². The van der Waals surface area contributed by atoms with E-state index in [0.717, 1.165) is 0 Å². The predicted octanol–water partition coefficient (Wildman–Crippen LogP) is 6.86. The average Bonchev–Trinajstić information content (AvgIpc) is 3.46. The summed E-state index contributed by atoms with van der Waals surface area (Å²) in [7, 11) is -2.44. The van der Waals surface area contributed by atoms with Gasteiger partial charge in [-0.15, -0.1) is 5.54 Å². The molecule has 2 nitrogen and oxygen atoms in total. The van der Waals surface area contributed by atoms with Gasteiger partial charge >= 0.3 is 21.7 Å². The van der Waals surface area contributed by atoms with Gasteiger partial charge in [0.1, 0.15) is 0 Å². The van der Waals surface area contributed by atoms with Gasteiger partial charge in [0.25, 0.3) is 0 Å². The van der Waals surface area contributed by atoms with Crippen LogP contribution in [0.1, 0.15) is 40.0 Å². The van der Waals surface area contributed by atoms with Crippen LogP contribution in [0.2, 0.25) is 5.54 Å². The molecular formula is C32H46N2SiTi. The maximum atomic E-state index is 5.88.